The Morgan fingerprint density at radius 3 is 2.24 bits per heavy atom. The zero-order valence-corrected chi connectivity index (χ0v) is 9.18. The third kappa shape index (κ3) is 5.54. The first-order chi connectivity index (χ1) is 7.79. The number of hydrogen-bond acceptors (Lipinski definition) is 7. The Balaban J connectivity index is 4.65. The van der Waals surface area contributed by atoms with Gasteiger partial charge in [0.25, 0.3) is 0 Å². The molecule has 4 atom stereocenters. The van der Waals surface area contributed by atoms with Gasteiger partial charge < -0.3 is 25.7 Å². The molecule has 0 spiro atoms. The largest absolute Gasteiger partial charge is 0.394 e. The molecule has 9 nitrogen and oxygen atoms in total. The molecule has 0 saturated carbocycles. The van der Waals surface area contributed by atoms with E-state index in [4.69, 9.17) is 10.2 Å². The van der Waals surface area contributed by atoms with Crippen LogP contribution in [0.4, 0.5) is 0 Å². The van der Waals surface area contributed by atoms with Crippen molar-refractivity contribution in [2.45, 2.75) is 31.3 Å². The molecule has 1 amide bonds. The monoisotopic (exact) mass is 252 g/mol. The molecule has 0 aromatic rings. The highest BCUT2D eigenvalue weighted by Crippen LogP contribution is 2.05. The van der Waals surface area contributed by atoms with Crippen molar-refractivity contribution in [2.24, 2.45) is 0 Å². The minimum Gasteiger partial charge on any atom is -0.394 e. The van der Waals surface area contributed by atoms with Gasteiger partial charge in [0.15, 0.2) is 0 Å². The lowest BCUT2D eigenvalue weighted by Crippen LogP contribution is -2.55. The van der Waals surface area contributed by atoms with E-state index in [1.54, 1.807) is 0 Å². The first-order valence-corrected chi connectivity index (χ1v) is 4.83. The first-order valence-electron chi connectivity index (χ1n) is 4.83. The Bertz CT molecular complexity index is 257. The standard InChI is InChI=1S/C8H16N2O7/c1-4(12)9-5(2-10(16)17)7(14)8(15)6(13)3-11/h5-8,11,13-15H,2-3H2,1H3,(H,9,12)/t5-,6-,7+,8+/m1/s1. The molecule has 0 aromatic carbocycles. The van der Waals surface area contributed by atoms with Gasteiger partial charge in [0.05, 0.1) is 6.61 Å². The Labute approximate surface area is 96.8 Å². The number of carbonyl (C=O) groups excluding carboxylic acids is 1. The van der Waals surface area contributed by atoms with Gasteiger partial charge in [0.1, 0.15) is 24.4 Å². The van der Waals surface area contributed by atoms with Crippen LogP contribution in [0.3, 0.4) is 0 Å². The average Bonchev–Trinajstić information content (AvgIpc) is 2.23. The summed E-state index contributed by atoms with van der Waals surface area (Å²) in [5.41, 5.74) is 0. The van der Waals surface area contributed by atoms with Crippen molar-refractivity contribution in [3.8, 4) is 0 Å². The number of nitro groups is 1. The third-order valence-corrected chi connectivity index (χ3v) is 2.08. The van der Waals surface area contributed by atoms with Gasteiger partial charge in [-0.3, -0.25) is 14.9 Å². The van der Waals surface area contributed by atoms with Crippen molar-refractivity contribution in [1.82, 2.24) is 5.32 Å². The van der Waals surface area contributed by atoms with E-state index in [1.807, 2.05) is 0 Å². The zero-order chi connectivity index (χ0) is 13.6. The molecule has 0 bridgehead atoms. The molecular formula is C8H16N2O7. The summed E-state index contributed by atoms with van der Waals surface area (Å²) in [5.74, 6) is -0.624. The van der Waals surface area contributed by atoms with Crippen LogP contribution in [0, 0.1) is 10.1 Å². The maximum atomic E-state index is 10.8. The number of nitrogens with one attached hydrogen (secondary N) is 1. The van der Waals surface area contributed by atoms with Crippen LogP contribution < -0.4 is 5.32 Å². The van der Waals surface area contributed by atoms with Gasteiger partial charge in [-0.05, 0) is 0 Å². The number of hydrogen-bond donors (Lipinski definition) is 5. The summed E-state index contributed by atoms with van der Waals surface area (Å²) < 4.78 is 0. The second-order valence-corrected chi connectivity index (χ2v) is 3.55. The van der Waals surface area contributed by atoms with Crippen molar-refractivity contribution < 1.29 is 30.1 Å². The fourth-order valence-corrected chi connectivity index (χ4v) is 1.23. The fourth-order valence-electron chi connectivity index (χ4n) is 1.23. The van der Waals surface area contributed by atoms with Gasteiger partial charge >= 0.3 is 0 Å². The number of carbonyl (C=O) groups is 1. The van der Waals surface area contributed by atoms with Crippen LogP contribution in [0.15, 0.2) is 0 Å². The number of aliphatic hydroxyl groups excluding tert-OH is 4. The van der Waals surface area contributed by atoms with Gasteiger partial charge in [-0.2, -0.15) is 0 Å². The Kier molecular flexibility index (Phi) is 6.58. The van der Waals surface area contributed by atoms with E-state index >= 15 is 0 Å². The molecule has 100 valence electrons. The van der Waals surface area contributed by atoms with Crippen molar-refractivity contribution in [1.29, 1.82) is 0 Å². The van der Waals surface area contributed by atoms with E-state index in [0.717, 1.165) is 6.92 Å². The van der Waals surface area contributed by atoms with E-state index in [-0.39, 0.29) is 0 Å². The highest BCUT2D eigenvalue weighted by Gasteiger charge is 2.34. The second-order valence-electron chi connectivity index (χ2n) is 3.55. The smallest absolute Gasteiger partial charge is 0.226 e. The minimum absolute atomic E-state index is 0.624. The molecule has 0 rings (SSSR count). The molecule has 0 aliphatic rings. The van der Waals surface area contributed by atoms with Crippen LogP contribution in [0.5, 0.6) is 0 Å². The molecule has 0 aliphatic carbocycles. The summed E-state index contributed by atoms with van der Waals surface area (Å²) in [7, 11) is 0. The quantitative estimate of drug-likeness (QED) is 0.237. The van der Waals surface area contributed by atoms with Gasteiger partial charge in [-0.1, -0.05) is 0 Å². The maximum Gasteiger partial charge on any atom is 0.226 e. The molecule has 9 heteroatoms. The molecule has 0 unspecified atom stereocenters. The summed E-state index contributed by atoms with van der Waals surface area (Å²) in [6.45, 7) is -0.534. The third-order valence-electron chi connectivity index (χ3n) is 2.08. The SMILES string of the molecule is CC(=O)N[C@H](C[N+](=O)[O-])[C@H](O)[C@@H](O)[C@H](O)CO. The number of amides is 1. The van der Waals surface area contributed by atoms with Crippen LogP contribution in [-0.4, -0.2) is 68.8 Å². The Morgan fingerprint density at radius 1 is 1.35 bits per heavy atom. The van der Waals surface area contributed by atoms with Crippen molar-refractivity contribution in [3.63, 3.8) is 0 Å². The molecule has 0 heterocycles. The number of nitrogens with zero attached hydrogens (tertiary/aromatic N) is 1. The van der Waals surface area contributed by atoms with Gasteiger partial charge in [-0.15, -0.1) is 0 Å². The Morgan fingerprint density at radius 2 is 1.88 bits per heavy atom. The van der Waals surface area contributed by atoms with E-state index in [0.29, 0.717) is 0 Å². The minimum atomic E-state index is -1.79. The van der Waals surface area contributed by atoms with Gasteiger partial charge in [-0.25, -0.2) is 0 Å². The average molecular weight is 252 g/mol. The molecule has 0 aromatic heterocycles. The fraction of sp³-hybridized carbons (Fsp3) is 0.875. The van der Waals surface area contributed by atoms with Crippen LogP contribution in [0.25, 0.3) is 0 Å². The highest BCUT2D eigenvalue weighted by molar-refractivity contribution is 5.73. The summed E-state index contributed by atoms with van der Waals surface area (Å²) >= 11 is 0. The summed E-state index contributed by atoms with van der Waals surface area (Å²) in [6.07, 6.45) is -5.20. The van der Waals surface area contributed by atoms with Crippen LogP contribution in [-0.2, 0) is 4.79 Å². The van der Waals surface area contributed by atoms with E-state index in [9.17, 15) is 25.1 Å². The highest BCUT2D eigenvalue weighted by atomic mass is 16.6. The first kappa shape index (κ1) is 15.7. The van der Waals surface area contributed by atoms with E-state index in [1.165, 1.54) is 0 Å². The molecule has 0 radical (unpaired) electrons. The number of rotatable bonds is 7. The lowest BCUT2D eigenvalue weighted by atomic mass is 10.0. The predicted octanol–water partition coefficient (Wildman–Crippen LogP) is -3.16. The summed E-state index contributed by atoms with van der Waals surface area (Å²) in [6, 6.07) is -1.35. The maximum absolute atomic E-state index is 10.8. The summed E-state index contributed by atoms with van der Waals surface area (Å²) in [5, 5.41) is 48.9. The van der Waals surface area contributed by atoms with Gasteiger partial charge in [0.2, 0.25) is 12.5 Å². The van der Waals surface area contributed by atoms with Crippen molar-refractivity contribution >= 4 is 5.91 Å². The zero-order valence-electron chi connectivity index (χ0n) is 9.18. The molecule has 17 heavy (non-hydrogen) atoms. The number of aliphatic hydroxyl groups is 4. The molecule has 0 aliphatic heterocycles. The summed E-state index contributed by atoms with van der Waals surface area (Å²) in [4.78, 5) is 20.3. The van der Waals surface area contributed by atoms with Crippen LogP contribution in [0.2, 0.25) is 0 Å². The van der Waals surface area contributed by atoms with E-state index < -0.39 is 48.3 Å². The van der Waals surface area contributed by atoms with E-state index in [2.05, 4.69) is 5.32 Å². The van der Waals surface area contributed by atoms with Gasteiger partial charge in [0, 0.05) is 11.8 Å². The topological polar surface area (TPSA) is 153 Å². The predicted molar refractivity (Wildman–Crippen MR) is 54.6 cm³/mol. The van der Waals surface area contributed by atoms with Crippen molar-refractivity contribution in [3.05, 3.63) is 10.1 Å². The molecule has 5 N–H and O–H groups in total. The van der Waals surface area contributed by atoms with Crippen LogP contribution >= 0.6 is 0 Å². The molecule has 0 fully saturated rings. The van der Waals surface area contributed by atoms with Crippen molar-refractivity contribution in [2.75, 3.05) is 13.2 Å². The Hall–Kier alpha value is -1.29. The normalized spacial score (nSPS) is 17.9. The van der Waals surface area contributed by atoms with Crippen LogP contribution in [0.1, 0.15) is 6.92 Å². The lowest BCUT2D eigenvalue weighted by molar-refractivity contribution is -0.485. The lowest BCUT2D eigenvalue weighted by Gasteiger charge is -2.26. The second kappa shape index (κ2) is 7.12. The molecule has 0 saturated heterocycles. The molecular weight excluding hydrogens is 236 g/mol.